The minimum atomic E-state index is -0.689. The van der Waals surface area contributed by atoms with Crippen molar-refractivity contribution >= 4 is 23.8 Å². The SMILES string of the molecule is CC(C)(C)OC(=O)N1CCCCC1.CCC(=O)OC(C)n1nnc(-c2c(-c3ccc(C(=O)Nc4ncccc4C)cc3)cnn2C)n1. The summed E-state index contributed by atoms with van der Waals surface area (Å²) < 4.78 is 12.1. The van der Waals surface area contributed by atoms with Crippen molar-refractivity contribution in [2.75, 3.05) is 18.4 Å². The van der Waals surface area contributed by atoms with Gasteiger partial charge in [0.2, 0.25) is 12.1 Å². The zero-order valence-corrected chi connectivity index (χ0v) is 28.1. The lowest BCUT2D eigenvalue weighted by molar-refractivity contribution is -0.153. The van der Waals surface area contributed by atoms with Gasteiger partial charge in [0.25, 0.3) is 5.91 Å². The van der Waals surface area contributed by atoms with Crippen LogP contribution in [0.4, 0.5) is 10.6 Å². The molecular weight excluding hydrogens is 602 g/mol. The number of hydrogen-bond acceptors (Lipinski definition) is 10. The number of nitrogens with one attached hydrogen (secondary N) is 1. The molecule has 0 saturated carbocycles. The maximum Gasteiger partial charge on any atom is 0.410 e. The summed E-state index contributed by atoms with van der Waals surface area (Å²) in [5.41, 5.74) is 3.25. The van der Waals surface area contributed by atoms with Crippen LogP contribution >= 0.6 is 0 Å². The van der Waals surface area contributed by atoms with Crippen LogP contribution in [0.1, 0.15) is 82.5 Å². The molecule has 47 heavy (non-hydrogen) atoms. The summed E-state index contributed by atoms with van der Waals surface area (Å²) in [5, 5.41) is 19.7. The highest BCUT2D eigenvalue weighted by molar-refractivity contribution is 6.04. The van der Waals surface area contributed by atoms with Gasteiger partial charge in [-0.3, -0.25) is 14.3 Å². The Bertz CT molecular complexity index is 1670. The predicted octanol–water partition coefficient (Wildman–Crippen LogP) is 5.58. The first-order chi connectivity index (χ1) is 22.4. The molecule has 14 nitrogen and oxygen atoms in total. The molecule has 1 aliphatic rings. The van der Waals surface area contributed by atoms with Crippen LogP contribution in [-0.2, 0) is 21.3 Å². The van der Waals surface area contributed by atoms with Gasteiger partial charge in [-0.2, -0.15) is 5.10 Å². The number of nitrogens with zero attached hydrogens (tertiary/aromatic N) is 8. The molecule has 2 amide bonds. The Hall–Kier alpha value is -5.14. The Kier molecular flexibility index (Phi) is 11.4. The van der Waals surface area contributed by atoms with Crippen LogP contribution in [0, 0.1) is 6.92 Å². The van der Waals surface area contributed by atoms with Crippen molar-refractivity contribution in [3.05, 3.63) is 59.9 Å². The van der Waals surface area contributed by atoms with Gasteiger partial charge in [0.15, 0.2) is 0 Å². The minimum absolute atomic E-state index is 0.160. The molecule has 0 aliphatic carbocycles. The maximum absolute atomic E-state index is 12.6. The third-order valence-electron chi connectivity index (χ3n) is 7.20. The number of amides is 2. The number of aryl methyl sites for hydroxylation is 2. The van der Waals surface area contributed by atoms with E-state index < -0.39 is 6.23 Å². The summed E-state index contributed by atoms with van der Waals surface area (Å²) >= 11 is 0. The fraction of sp³-hybridized carbons (Fsp3) is 0.455. The summed E-state index contributed by atoms with van der Waals surface area (Å²) in [4.78, 5) is 43.0. The van der Waals surface area contributed by atoms with Crippen molar-refractivity contribution in [1.82, 2.24) is 39.9 Å². The smallest absolute Gasteiger partial charge is 0.410 e. The Morgan fingerprint density at radius 3 is 2.38 bits per heavy atom. The van der Waals surface area contributed by atoms with Crippen molar-refractivity contribution in [1.29, 1.82) is 0 Å². The average Bonchev–Trinajstić information content (AvgIpc) is 3.69. The summed E-state index contributed by atoms with van der Waals surface area (Å²) in [7, 11) is 1.77. The van der Waals surface area contributed by atoms with Crippen molar-refractivity contribution in [3.63, 3.8) is 0 Å². The second-order valence-electron chi connectivity index (χ2n) is 12.1. The van der Waals surface area contributed by atoms with E-state index in [-0.39, 0.29) is 30.0 Å². The van der Waals surface area contributed by atoms with Crippen LogP contribution in [0.25, 0.3) is 22.6 Å². The van der Waals surface area contributed by atoms with Crippen molar-refractivity contribution in [2.45, 2.75) is 79.1 Å². The van der Waals surface area contributed by atoms with Gasteiger partial charge < -0.3 is 19.7 Å². The molecule has 1 aromatic carbocycles. The first-order valence-corrected chi connectivity index (χ1v) is 15.7. The van der Waals surface area contributed by atoms with Gasteiger partial charge in [-0.15, -0.1) is 15.0 Å². The molecule has 4 heterocycles. The molecule has 1 fully saturated rings. The van der Waals surface area contributed by atoms with Gasteiger partial charge in [0.05, 0.1) is 6.20 Å². The number of pyridine rings is 1. The fourth-order valence-electron chi connectivity index (χ4n) is 4.71. The van der Waals surface area contributed by atoms with E-state index in [9.17, 15) is 14.4 Å². The first kappa shape index (κ1) is 34.7. The van der Waals surface area contributed by atoms with Crippen LogP contribution in [0.3, 0.4) is 0 Å². The van der Waals surface area contributed by atoms with E-state index in [0.29, 0.717) is 22.9 Å². The predicted molar refractivity (Wildman–Crippen MR) is 175 cm³/mol. The molecule has 0 radical (unpaired) electrons. The standard InChI is InChI=1S/C23H24N8O3.C10H19NO2/c1-5-19(32)34-15(3)31-28-22(27-29-31)20-18(13-25-30(20)4)16-8-10-17(11-9-16)23(33)26-21-14(2)7-6-12-24-21;1-10(2,3)13-9(12)11-7-5-4-6-8-11/h6-13,15H,5H2,1-4H3,(H,24,26,33);4-8H2,1-3H3. The molecule has 250 valence electrons. The van der Waals surface area contributed by atoms with Gasteiger partial charge in [-0.05, 0) is 88.4 Å². The van der Waals surface area contributed by atoms with E-state index in [0.717, 1.165) is 42.6 Å². The highest BCUT2D eigenvalue weighted by Gasteiger charge is 2.23. The van der Waals surface area contributed by atoms with Crippen LogP contribution < -0.4 is 5.32 Å². The molecule has 14 heteroatoms. The van der Waals surface area contributed by atoms with E-state index in [2.05, 4.69) is 30.8 Å². The molecule has 1 saturated heterocycles. The zero-order valence-electron chi connectivity index (χ0n) is 28.1. The molecule has 1 atom stereocenters. The summed E-state index contributed by atoms with van der Waals surface area (Å²) in [6, 6.07) is 10.8. The van der Waals surface area contributed by atoms with E-state index in [1.54, 1.807) is 55.0 Å². The number of likely N-dealkylation sites (tertiary alicyclic amines) is 1. The van der Waals surface area contributed by atoms with Gasteiger partial charge in [0, 0.05) is 43.9 Å². The number of ether oxygens (including phenoxy) is 2. The number of aromatic nitrogens is 7. The Morgan fingerprint density at radius 2 is 1.74 bits per heavy atom. The van der Waals surface area contributed by atoms with Gasteiger partial charge in [-0.1, -0.05) is 25.1 Å². The van der Waals surface area contributed by atoms with Crippen LogP contribution in [0.2, 0.25) is 0 Å². The molecule has 0 spiro atoms. The van der Waals surface area contributed by atoms with Crippen LogP contribution in [0.5, 0.6) is 0 Å². The third kappa shape index (κ3) is 9.44. The third-order valence-corrected chi connectivity index (χ3v) is 7.20. The number of anilines is 1. The normalized spacial score (nSPS) is 13.6. The number of benzene rings is 1. The number of carbonyl (C=O) groups excluding carboxylic acids is 3. The highest BCUT2D eigenvalue weighted by atomic mass is 16.6. The lowest BCUT2D eigenvalue weighted by Crippen LogP contribution is -2.39. The highest BCUT2D eigenvalue weighted by Crippen LogP contribution is 2.30. The molecule has 5 rings (SSSR count). The van der Waals surface area contributed by atoms with Crippen molar-refractivity contribution < 1.29 is 23.9 Å². The van der Waals surface area contributed by atoms with Gasteiger partial charge >= 0.3 is 12.1 Å². The summed E-state index contributed by atoms with van der Waals surface area (Å²) in [5.74, 6) is 0.260. The topological polar surface area (TPSA) is 159 Å². The second-order valence-corrected chi connectivity index (χ2v) is 12.1. The Balaban J connectivity index is 0.000000323. The fourth-order valence-corrected chi connectivity index (χ4v) is 4.71. The Labute approximate surface area is 274 Å². The quantitative estimate of drug-likeness (QED) is 0.252. The van der Waals surface area contributed by atoms with E-state index in [1.165, 1.54) is 11.2 Å². The lowest BCUT2D eigenvalue weighted by Gasteiger charge is -2.29. The maximum atomic E-state index is 12.6. The van der Waals surface area contributed by atoms with Crippen LogP contribution in [0.15, 0.2) is 48.8 Å². The van der Waals surface area contributed by atoms with Crippen LogP contribution in [-0.4, -0.2) is 76.5 Å². The van der Waals surface area contributed by atoms with E-state index in [1.807, 2.05) is 52.0 Å². The lowest BCUT2D eigenvalue weighted by atomic mass is 10.0. The number of hydrogen-bond donors (Lipinski definition) is 1. The summed E-state index contributed by atoms with van der Waals surface area (Å²) in [6.45, 7) is 12.7. The molecule has 1 unspecified atom stereocenters. The molecular formula is C33H43N9O5. The number of rotatable bonds is 7. The van der Waals surface area contributed by atoms with E-state index in [4.69, 9.17) is 9.47 Å². The second kappa shape index (κ2) is 15.4. The molecule has 1 aliphatic heterocycles. The number of piperidine rings is 1. The number of carbonyl (C=O) groups is 3. The molecule has 1 N–H and O–H groups in total. The molecule has 3 aromatic heterocycles. The van der Waals surface area contributed by atoms with E-state index >= 15 is 0 Å². The zero-order chi connectivity index (χ0) is 34.1. The number of tetrazole rings is 1. The molecule has 4 aromatic rings. The first-order valence-electron chi connectivity index (χ1n) is 15.7. The van der Waals surface area contributed by atoms with Gasteiger partial charge in [0.1, 0.15) is 17.1 Å². The monoisotopic (exact) mass is 645 g/mol. The number of esters is 1. The van der Waals surface area contributed by atoms with Crippen molar-refractivity contribution in [3.8, 4) is 22.6 Å². The average molecular weight is 646 g/mol. The van der Waals surface area contributed by atoms with Crippen molar-refractivity contribution in [2.24, 2.45) is 7.05 Å². The van der Waals surface area contributed by atoms with Gasteiger partial charge in [-0.25, -0.2) is 9.78 Å². The largest absolute Gasteiger partial charge is 0.444 e. The molecule has 0 bridgehead atoms. The Morgan fingerprint density at radius 1 is 1.04 bits per heavy atom. The minimum Gasteiger partial charge on any atom is -0.444 e. The summed E-state index contributed by atoms with van der Waals surface area (Å²) in [6.07, 6.45) is 6.20.